The van der Waals surface area contributed by atoms with E-state index in [1.165, 1.54) is 70.0 Å². The number of nitrogens with zero attached hydrogens (tertiary/aromatic N) is 8. The molecule has 59 heavy (non-hydrogen) atoms. The number of fused-ring (bicyclic) bond motifs is 2. The molecule has 0 atom stereocenters. The van der Waals surface area contributed by atoms with Gasteiger partial charge in [-0.25, -0.2) is 19.7 Å². The van der Waals surface area contributed by atoms with Gasteiger partial charge in [0.1, 0.15) is 17.2 Å². The zero-order valence-electron chi connectivity index (χ0n) is 30.7. The number of hydrogen-bond acceptors (Lipinski definition) is 9. The molecular formula is C40H30F6N10O3. The van der Waals surface area contributed by atoms with Crippen LogP contribution >= 0.6 is 0 Å². The van der Waals surface area contributed by atoms with E-state index in [0.717, 1.165) is 12.1 Å². The Labute approximate surface area is 329 Å². The summed E-state index contributed by atoms with van der Waals surface area (Å²) >= 11 is 0. The first-order valence-electron chi connectivity index (χ1n) is 17.2. The zero-order chi connectivity index (χ0) is 42.5. The summed E-state index contributed by atoms with van der Waals surface area (Å²) in [5, 5.41) is 19.5. The van der Waals surface area contributed by atoms with Crippen LogP contribution in [0.4, 0.5) is 38.0 Å². The molecule has 0 fully saturated rings. The number of amides is 1. The van der Waals surface area contributed by atoms with Crippen LogP contribution in [-0.4, -0.2) is 56.1 Å². The molecule has 8 aromatic rings. The number of carboxylic acids is 1. The Morgan fingerprint density at radius 2 is 1.07 bits per heavy atom. The molecule has 0 aliphatic heterocycles. The van der Waals surface area contributed by atoms with Gasteiger partial charge in [0.05, 0.1) is 33.9 Å². The highest BCUT2D eigenvalue weighted by Crippen LogP contribution is 2.37. The predicted molar refractivity (Wildman–Crippen MR) is 204 cm³/mol. The van der Waals surface area contributed by atoms with Crippen LogP contribution in [0.3, 0.4) is 0 Å². The van der Waals surface area contributed by atoms with Gasteiger partial charge in [0.15, 0.2) is 17.1 Å². The maximum Gasteiger partial charge on any atom is 0.417 e. The number of imidazole rings is 2. The van der Waals surface area contributed by atoms with E-state index >= 15 is 0 Å². The molecule has 19 heteroatoms. The minimum absolute atomic E-state index is 0.0117. The van der Waals surface area contributed by atoms with E-state index in [0.29, 0.717) is 28.5 Å². The van der Waals surface area contributed by atoms with Gasteiger partial charge in [-0.15, -0.1) is 0 Å². The van der Waals surface area contributed by atoms with Crippen LogP contribution in [0.15, 0.2) is 122 Å². The average Bonchev–Trinajstić information content (AvgIpc) is 3.70. The summed E-state index contributed by atoms with van der Waals surface area (Å²) in [5.74, 6) is -0.882. The third-order valence-electron chi connectivity index (χ3n) is 8.38. The van der Waals surface area contributed by atoms with Crippen molar-refractivity contribution in [2.75, 3.05) is 11.1 Å². The van der Waals surface area contributed by atoms with Gasteiger partial charge < -0.3 is 16.2 Å². The quantitative estimate of drug-likeness (QED) is 0.143. The van der Waals surface area contributed by atoms with Gasteiger partial charge in [-0.3, -0.25) is 9.78 Å². The average molecular weight is 813 g/mol. The number of benzene rings is 2. The summed E-state index contributed by atoms with van der Waals surface area (Å²) in [6.45, 7) is 3.39. The Hall–Kier alpha value is -7.70. The molecule has 0 radical (unpaired) electrons. The topological polar surface area (TPSA) is 179 Å². The summed E-state index contributed by atoms with van der Waals surface area (Å²) in [4.78, 5) is 38.6. The van der Waals surface area contributed by atoms with Crippen LogP contribution in [-0.2, 0) is 12.4 Å². The number of pyridine rings is 2. The molecule has 0 bridgehead atoms. The van der Waals surface area contributed by atoms with Crippen molar-refractivity contribution in [1.29, 1.82) is 0 Å². The van der Waals surface area contributed by atoms with Gasteiger partial charge >= 0.3 is 18.3 Å². The molecule has 0 spiro atoms. The van der Waals surface area contributed by atoms with Crippen molar-refractivity contribution < 1.29 is 41.0 Å². The molecule has 0 aliphatic carbocycles. The lowest BCUT2D eigenvalue weighted by Gasteiger charge is -2.12. The fourth-order valence-corrected chi connectivity index (χ4v) is 5.60. The summed E-state index contributed by atoms with van der Waals surface area (Å²) in [6, 6.07) is 26.3. The number of aryl methyl sites for hydroxylation is 2. The molecule has 0 saturated heterocycles. The predicted octanol–water partition coefficient (Wildman–Crippen LogP) is 8.46. The number of anilines is 2. The van der Waals surface area contributed by atoms with Crippen molar-refractivity contribution in [1.82, 2.24) is 39.2 Å². The lowest BCUT2D eigenvalue weighted by molar-refractivity contribution is -0.137. The van der Waals surface area contributed by atoms with Crippen LogP contribution in [0.1, 0.15) is 43.5 Å². The summed E-state index contributed by atoms with van der Waals surface area (Å²) in [6.07, 6.45) is -6.03. The molecule has 8 rings (SSSR count). The number of nitrogens with one attached hydrogen (secondary N) is 1. The smallest absolute Gasteiger partial charge is 0.417 e. The normalized spacial score (nSPS) is 11.3. The molecule has 0 saturated carbocycles. The third kappa shape index (κ3) is 9.30. The number of rotatable bonds is 5. The number of carboxylic acid groups (broad SMARTS) is 1. The lowest BCUT2D eigenvalue weighted by atomic mass is 10.0. The van der Waals surface area contributed by atoms with Crippen LogP contribution < -0.4 is 11.1 Å². The summed E-state index contributed by atoms with van der Waals surface area (Å²) in [7, 11) is 0. The minimum atomic E-state index is -4.52. The number of alkyl halides is 6. The molecular weight excluding hydrogens is 782 g/mol. The third-order valence-corrected chi connectivity index (χ3v) is 8.38. The summed E-state index contributed by atoms with van der Waals surface area (Å²) < 4.78 is 82.0. The largest absolute Gasteiger partial charge is 0.477 e. The van der Waals surface area contributed by atoms with Crippen LogP contribution in [0, 0.1) is 13.8 Å². The zero-order valence-corrected chi connectivity index (χ0v) is 30.7. The van der Waals surface area contributed by atoms with Crippen molar-refractivity contribution >= 4 is 34.8 Å². The second-order valence-electron chi connectivity index (χ2n) is 12.4. The van der Waals surface area contributed by atoms with E-state index in [2.05, 4.69) is 35.5 Å². The molecule has 0 unspecified atom stereocenters. The van der Waals surface area contributed by atoms with Crippen molar-refractivity contribution in [3.63, 3.8) is 0 Å². The second kappa shape index (κ2) is 16.8. The first-order valence-corrected chi connectivity index (χ1v) is 17.2. The van der Waals surface area contributed by atoms with Crippen LogP contribution in [0.2, 0.25) is 0 Å². The van der Waals surface area contributed by atoms with Crippen LogP contribution in [0.25, 0.3) is 33.8 Å². The number of nitrogens with two attached hydrogens (primary N) is 1. The van der Waals surface area contributed by atoms with E-state index in [1.807, 2.05) is 0 Å². The van der Waals surface area contributed by atoms with Crippen molar-refractivity contribution in [3.05, 3.63) is 155 Å². The Morgan fingerprint density at radius 1 is 0.610 bits per heavy atom. The fourth-order valence-electron chi connectivity index (χ4n) is 5.60. The fraction of sp³-hybridized carbons (Fsp3) is 0.100. The molecule has 13 nitrogen and oxygen atoms in total. The lowest BCUT2D eigenvalue weighted by Crippen LogP contribution is -2.16. The van der Waals surface area contributed by atoms with Gasteiger partial charge in [-0.1, -0.05) is 48.5 Å². The van der Waals surface area contributed by atoms with Gasteiger partial charge in [-0.05, 0) is 74.5 Å². The first kappa shape index (κ1) is 40.9. The molecule has 2 aromatic carbocycles. The molecule has 1 amide bonds. The Bertz CT molecular complexity index is 2770. The molecule has 4 N–H and O–H groups in total. The van der Waals surface area contributed by atoms with Crippen molar-refractivity contribution in [2.24, 2.45) is 0 Å². The molecule has 0 aliphatic rings. The van der Waals surface area contributed by atoms with Crippen molar-refractivity contribution in [3.8, 4) is 22.5 Å². The van der Waals surface area contributed by atoms with Gasteiger partial charge in [0.2, 0.25) is 0 Å². The van der Waals surface area contributed by atoms with E-state index in [4.69, 9.17) is 10.8 Å². The van der Waals surface area contributed by atoms with Crippen LogP contribution in [0.5, 0.6) is 0 Å². The molecule has 6 heterocycles. The summed E-state index contributed by atoms with van der Waals surface area (Å²) in [5.41, 5.74) is 6.79. The SMILES string of the molecule is Cc1nc2ccc(-c3ccccc3C(F)(F)F)nn2c1N.Cc1nc2ccc(-c3ccccc3C(F)(F)F)nn2c1NC(=O)c1ccccn1.O=C(O)c1ccccn1. The number of aromatic carboxylic acids is 1. The minimum Gasteiger partial charge on any atom is -0.477 e. The van der Waals surface area contributed by atoms with Gasteiger partial charge in [-0.2, -0.15) is 45.6 Å². The number of carbonyl (C=O) groups is 2. The highest BCUT2D eigenvalue weighted by molar-refractivity contribution is 6.02. The maximum absolute atomic E-state index is 13.4. The van der Waals surface area contributed by atoms with E-state index in [9.17, 15) is 35.9 Å². The highest BCUT2D eigenvalue weighted by Gasteiger charge is 2.35. The number of carbonyl (C=O) groups excluding carboxylic acids is 1. The number of halogens is 6. The van der Waals surface area contributed by atoms with Gasteiger partial charge in [0, 0.05) is 23.5 Å². The maximum atomic E-state index is 13.4. The standard InChI is InChI=1S/C20H14F3N5O.C14H11F3N4.C6H5NO2/c1-12-18(26-19(29)16-8-4-5-11-24-16)28-17(25-12)10-9-15(27-28)13-6-2-3-7-14(13)20(21,22)23;1-8-13(18)21-12(19-8)7-6-11(20-21)9-4-2-3-5-10(9)14(15,16)17;8-6(9)5-3-1-2-4-7-5/h2-11H,1H3,(H,26,29);2-7H,18H2,1H3;1-4H,(H,8,9). The number of nitrogen functional groups attached to an aromatic ring is 1. The second-order valence-corrected chi connectivity index (χ2v) is 12.4. The molecule has 6 aromatic heterocycles. The highest BCUT2D eigenvalue weighted by atomic mass is 19.4. The number of aromatic nitrogens is 8. The Kier molecular flexibility index (Phi) is 11.7. The van der Waals surface area contributed by atoms with E-state index in [1.54, 1.807) is 62.4 Å². The monoisotopic (exact) mass is 812 g/mol. The molecule has 300 valence electrons. The number of hydrogen-bond donors (Lipinski definition) is 3. The van der Waals surface area contributed by atoms with E-state index in [-0.39, 0.29) is 39.7 Å². The Morgan fingerprint density at radius 3 is 1.54 bits per heavy atom. The van der Waals surface area contributed by atoms with Crippen molar-refractivity contribution in [2.45, 2.75) is 26.2 Å². The Balaban J connectivity index is 0.000000169. The van der Waals surface area contributed by atoms with Gasteiger partial charge in [0.25, 0.3) is 5.91 Å². The van der Waals surface area contributed by atoms with E-state index < -0.39 is 35.4 Å². The first-order chi connectivity index (χ1) is 28.0.